The summed E-state index contributed by atoms with van der Waals surface area (Å²) in [6.45, 7) is -0.150. The number of alkyl halides is 2. The van der Waals surface area contributed by atoms with Crippen molar-refractivity contribution in [3.05, 3.63) is 28.6 Å². The van der Waals surface area contributed by atoms with Gasteiger partial charge in [-0.1, -0.05) is 0 Å². The number of ether oxygens (including phenoxy) is 1. The van der Waals surface area contributed by atoms with Gasteiger partial charge in [0.1, 0.15) is 11.8 Å². The summed E-state index contributed by atoms with van der Waals surface area (Å²) in [7, 11) is 1.15. The number of pyridine rings is 1. The van der Waals surface area contributed by atoms with Crippen molar-refractivity contribution in [2.45, 2.75) is 19.4 Å². The van der Waals surface area contributed by atoms with E-state index < -0.39 is 18.0 Å². The first-order valence-electron chi connectivity index (χ1n) is 5.00. The first-order valence-corrected chi connectivity index (χ1v) is 5.00. The Morgan fingerprint density at radius 2 is 2.28 bits per heavy atom. The Bertz CT molecular complexity index is 498. The highest BCUT2D eigenvalue weighted by Crippen LogP contribution is 2.26. The molecule has 5 nitrogen and oxygen atoms in total. The second-order valence-electron chi connectivity index (χ2n) is 3.39. The van der Waals surface area contributed by atoms with E-state index in [1.807, 2.05) is 0 Å². The van der Waals surface area contributed by atoms with Crippen LogP contribution in [-0.2, 0) is 22.5 Å². The largest absolute Gasteiger partial charge is 0.469 e. The molecule has 0 saturated heterocycles. The summed E-state index contributed by atoms with van der Waals surface area (Å²) in [4.78, 5) is 14.8. The number of nitriles is 1. The Morgan fingerprint density at radius 1 is 1.61 bits per heavy atom. The number of carbonyl (C=O) groups excluding carboxylic acids is 1. The molecule has 1 heterocycles. The third kappa shape index (κ3) is 2.78. The maximum atomic E-state index is 12.8. The highest BCUT2D eigenvalue weighted by molar-refractivity contribution is 5.73. The van der Waals surface area contributed by atoms with Crippen LogP contribution in [0.4, 0.5) is 8.78 Å². The molecular weight excluding hydrogens is 244 g/mol. The fourth-order valence-electron chi connectivity index (χ4n) is 1.54. The van der Waals surface area contributed by atoms with E-state index in [1.54, 1.807) is 6.07 Å². The van der Waals surface area contributed by atoms with E-state index in [9.17, 15) is 13.6 Å². The van der Waals surface area contributed by atoms with Gasteiger partial charge in [-0.05, 0) is 5.56 Å². The number of hydrogen-bond donors (Lipinski definition) is 1. The quantitative estimate of drug-likeness (QED) is 0.813. The molecule has 96 valence electrons. The number of methoxy groups -OCH3 is 1. The predicted molar refractivity (Wildman–Crippen MR) is 57.5 cm³/mol. The van der Waals surface area contributed by atoms with E-state index in [2.05, 4.69) is 9.72 Å². The normalized spacial score (nSPS) is 10.2. The zero-order valence-corrected chi connectivity index (χ0v) is 9.61. The Morgan fingerprint density at radius 3 is 2.72 bits per heavy atom. The second kappa shape index (κ2) is 6.02. The highest BCUT2D eigenvalue weighted by Gasteiger charge is 2.21. The predicted octanol–water partition coefficient (Wildman–Crippen LogP) is 1.07. The van der Waals surface area contributed by atoms with E-state index in [0.717, 1.165) is 13.3 Å². The van der Waals surface area contributed by atoms with Crippen LogP contribution in [0.25, 0.3) is 0 Å². The monoisotopic (exact) mass is 255 g/mol. The molecule has 0 fully saturated rings. The topological polar surface area (TPSA) is 89.0 Å². The molecule has 7 heteroatoms. The lowest BCUT2D eigenvalue weighted by Crippen LogP contribution is -2.14. The fraction of sp³-hybridized carbons (Fsp3) is 0.364. The van der Waals surface area contributed by atoms with Gasteiger partial charge in [-0.2, -0.15) is 5.26 Å². The molecule has 0 aromatic carbocycles. The van der Waals surface area contributed by atoms with Crippen LogP contribution >= 0.6 is 0 Å². The highest BCUT2D eigenvalue weighted by atomic mass is 19.3. The molecular formula is C11H11F2N3O2. The molecule has 0 bridgehead atoms. The number of hydrogen-bond acceptors (Lipinski definition) is 5. The fourth-order valence-corrected chi connectivity index (χ4v) is 1.54. The van der Waals surface area contributed by atoms with Crippen molar-refractivity contribution in [2.75, 3.05) is 7.11 Å². The zero-order valence-electron chi connectivity index (χ0n) is 9.61. The van der Waals surface area contributed by atoms with Gasteiger partial charge < -0.3 is 10.5 Å². The summed E-state index contributed by atoms with van der Waals surface area (Å²) < 4.78 is 30.1. The van der Waals surface area contributed by atoms with E-state index >= 15 is 0 Å². The van der Waals surface area contributed by atoms with Crippen molar-refractivity contribution in [1.29, 1.82) is 5.26 Å². The van der Waals surface area contributed by atoms with Gasteiger partial charge in [0.15, 0.2) is 0 Å². The van der Waals surface area contributed by atoms with E-state index in [1.165, 1.54) is 0 Å². The second-order valence-corrected chi connectivity index (χ2v) is 3.39. The van der Waals surface area contributed by atoms with Crippen LogP contribution in [0.2, 0.25) is 0 Å². The van der Waals surface area contributed by atoms with Gasteiger partial charge in [0.05, 0.1) is 13.5 Å². The van der Waals surface area contributed by atoms with Crippen molar-refractivity contribution in [3.63, 3.8) is 0 Å². The van der Waals surface area contributed by atoms with Crippen LogP contribution < -0.4 is 5.73 Å². The van der Waals surface area contributed by atoms with Gasteiger partial charge in [-0.25, -0.2) is 13.8 Å². The smallest absolute Gasteiger partial charge is 0.310 e. The van der Waals surface area contributed by atoms with Crippen LogP contribution in [0, 0.1) is 11.3 Å². The Kier molecular flexibility index (Phi) is 4.68. The zero-order chi connectivity index (χ0) is 13.7. The maximum absolute atomic E-state index is 12.8. The molecule has 0 aliphatic rings. The van der Waals surface area contributed by atoms with Gasteiger partial charge in [0.25, 0.3) is 6.43 Å². The standard InChI is InChI=1S/C11H11F2N3O2/c1-18-10(17)2-6-7(3-14)9(4-15)16-5-8(6)11(12)13/h5,11H,2-3,14H2,1H3. The third-order valence-electron chi connectivity index (χ3n) is 2.43. The van der Waals surface area contributed by atoms with Crippen LogP contribution in [0.1, 0.15) is 28.8 Å². The molecule has 0 aliphatic heterocycles. The summed E-state index contributed by atoms with van der Waals surface area (Å²) in [6, 6.07) is 1.76. The molecule has 1 rings (SSSR count). The molecule has 2 N–H and O–H groups in total. The van der Waals surface area contributed by atoms with Crippen LogP contribution in [0.15, 0.2) is 6.20 Å². The minimum absolute atomic E-state index is 0.0194. The molecule has 1 aromatic rings. The molecule has 0 amide bonds. The van der Waals surface area contributed by atoms with Crippen molar-refractivity contribution < 1.29 is 18.3 Å². The number of halogens is 2. The van der Waals surface area contributed by atoms with Crippen LogP contribution in [-0.4, -0.2) is 18.1 Å². The minimum atomic E-state index is -2.80. The van der Waals surface area contributed by atoms with Crippen molar-refractivity contribution in [2.24, 2.45) is 5.73 Å². The maximum Gasteiger partial charge on any atom is 0.310 e. The van der Waals surface area contributed by atoms with Gasteiger partial charge in [0, 0.05) is 23.9 Å². The number of carbonyl (C=O) groups is 1. The van der Waals surface area contributed by atoms with Crippen LogP contribution in [0.5, 0.6) is 0 Å². The first-order chi connectivity index (χ1) is 8.54. The Hall–Kier alpha value is -2.07. The lowest BCUT2D eigenvalue weighted by atomic mass is 9.98. The summed E-state index contributed by atoms with van der Waals surface area (Å²) in [6.07, 6.45) is -2.27. The summed E-state index contributed by atoms with van der Waals surface area (Å²) in [5, 5.41) is 8.82. The van der Waals surface area contributed by atoms with Gasteiger partial charge >= 0.3 is 5.97 Å². The lowest BCUT2D eigenvalue weighted by molar-refractivity contribution is -0.139. The molecule has 1 aromatic heterocycles. The number of aromatic nitrogens is 1. The van der Waals surface area contributed by atoms with Gasteiger partial charge in [0.2, 0.25) is 0 Å². The van der Waals surface area contributed by atoms with Gasteiger partial charge in [-0.3, -0.25) is 4.79 Å². The Labute approximate surface area is 102 Å². The first kappa shape index (κ1) is 14.0. The van der Waals surface area contributed by atoms with Gasteiger partial charge in [-0.15, -0.1) is 0 Å². The number of nitrogens with zero attached hydrogens (tertiary/aromatic N) is 2. The molecule has 0 saturated carbocycles. The number of rotatable bonds is 4. The number of esters is 1. The molecule has 0 atom stereocenters. The molecule has 0 radical (unpaired) electrons. The molecule has 0 aliphatic carbocycles. The van der Waals surface area contributed by atoms with Crippen molar-refractivity contribution in [3.8, 4) is 6.07 Å². The van der Waals surface area contributed by atoms with E-state index in [0.29, 0.717) is 0 Å². The minimum Gasteiger partial charge on any atom is -0.469 e. The average Bonchev–Trinajstić information content (AvgIpc) is 2.37. The summed E-state index contributed by atoms with van der Waals surface area (Å²) >= 11 is 0. The lowest BCUT2D eigenvalue weighted by Gasteiger charge is -2.13. The average molecular weight is 255 g/mol. The number of nitrogens with two attached hydrogens (primary N) is 1. The SMILES string of the molecule is COC(=O)Cc1c(C(F)F)cnc(C#N)c1CN. The van der Waals surface area contributed by atoms with Crippen LogP contribution in [0.3, 0.4) is 0 Å². The molecule has 0 unspecified atom stereocenters. The molecule has 0 spiro atoms. The van der Waals surface area contributed by atoms with Crippen molar-refractivity contribution in [1.82, 2.24) is 4.98 Å². The summed E-state index contributed by atoms with van der Waals surface area (Å²) in [5.74, 6) is -0.679. The van der Waals surface area contributed by atoms with E-state index in [-0.39, 0.29) is 29.8 Å². The third-order valence-corrected chi connectivity index (χ3v) is 2.43. The summed E-state index contributed by atoms with van der Waals surface area (Å²) in [5.41, 5.74) is 5.14. The van der Waals surface area contributed by atoms with Crippen molar-refractivity contribution >= 4 is 5.97 Å². The van der Waals surface area contributed by atoms with E-state index in [4.69, 9.17) is 11.0 Å². The Balaban J connectivity index is 3.39. The molecule has 18 heavy (non-hydrogen) atoms.